The number of carbonyl (C=O) groups excluding carboxylic acids is 1. The Bertz CT molecular complexity index is 885. The Hall–Kier alpha value is -3.22. The Morgan fingerprint density at radius 3 is 2.46 bits per heavy atom. The summed E-state index contributed by atoms with van der Waals surface area (Å²) in [6.45, 7) is 4.74. The molecule has 7 nitrogen and oxygen atoms in total. The number of anilines is 1. The quantitative estimate of drug-likeness (QED) is 0.724. The van der Waals surface area contributed by atoms with E-state index in [0.29, 0.717) is 18.7 Å². The van der Waals surface area contributed by atoms with E-state index in [9.17, 15) is 4.79 Å². The van der Waals surface area contributed by atoms with Crippen molar-refractivity contribution in [3.05, 3.63) is 66.1 Å². The lowest BCUT2D eigenvalue weighted by molar-refractivity contribution is 0.0745. The minimum atomic E-state index is 0.0310. The van der Waals surface area contributed by atoms with Gasteiger partial charge in [0.15, 0.2) is 5.82 Å². The van der Waals surface area contributed by atoms with E-state index >= 15 is 0 Å². The molecule has 2 aromatic heterocycles. The average molecular weight is 348 g/mol. The third kappa shape index (κ3) is 3.03. The van der Waals surface area contributed by atoms with Crippen LogP contribution in [0, 0.1) is 6.92 Å². The van der Waals surface area contributed by atoms with Crippen molar-refractivity contribution in [3.63, 3.8) is 0 Å². The van der Waals surface area contributed by atoms with Crippen LogP contribution >= 0.6 is 0 Å². The van der Waals surface area contributed by atoms with Gasteiger partial charge in [0.1, 0.15) is 0 Å². The zero-order chi connectivity index (χ0) is 17.9. The highest BCUT2D eigenvalue weighted by atomic mass is 16.2. The molecule has 1 aromatic carbocycles. The molecule has 132 valence electrons. The molecule has 7 heteroatoms. The van der Waals surface area contributed by atoms with Gasteiger partial charge in [-0.25, -0.2) is 4.68 Å². The van der Waals surface area contributed by atoms with E-state index in [4.69, 9.17) is 0 Å². The second-order valence-corrected chi connectivity index (χ2v) is 6.25. The molecule has 0 aliphatic carbocycles. The van der Waals surface area contributed by atoms with Crippen molar-refractivity contribution in [3.8, 4) is 5.69 Å². The molecular formula is C19H20N6O. The highest BCUT2D eigenvalue weighted by Gasteiger charge is 2.25. The summed E-state index contributed by atoms with van der Waals surface area (Å²) in [5, 5.41) is 12.5. The van der Waals surface area contributed by atoms with Gasteiger partial charge in [-0.2, -0.15) is 10.2 Å². The van der Waals surface area contributed by atoms with Gasteiger partial charge >= 0.3 is 0 Å². The fraction of sp³-hybridized carbons (Fsp3) is 0.263. The van der Waals surface area contributed by atoms with Gasteiger partial charge in [0, 0.05) is 32.4 Å². The standard InChI is InChI=1S/C19H20N6O/c1-15-17(14-21-25(15)16-6-3-2-4-7-16)19(26)24-12-10-23(11-13-24)18-8-5-9-20-22-18/h2-9,14H,10-13H2,1H3. The van der Waals surface area contributed by atoms with E-state index in [0.717, 1.165) is 30.3 Å². The minimum Gasteiger partial charge on any atom is -0.352 e. The van der Waals surface area contributed by atoms with Crippen LogP contribution in [0.4, 0.5) is 5.82 Å². The Morgan fingerprint density at radius 1 is 1.00 bits per heavy atom. The fourth-order valence-electron chi connectivity index (χ4n) is 3.22. The summed E-state index contributed by atoms with van der Waals surface area (Å²) in [7, 11) is 0. The van der Waals surface area contributed by atoms with E-state index in [1.807, 2.05) is 59.0 Å². The molecule has 0 radical (unpaired) electrons. The molecule has 0 spiro atoms. The maximum atomic E-state index is 12.9. The first kappa shape index (κ1) is 16.3. The van der Waals surface area contributed by atoms with Gasteiger partial charge in [-0.1, -0.05) is 18.2 Å². The van der Waals surface area contributed by atoms with E-state index in [-0.39, 0.29) is 5.91 Å². The molecule has 4 rings (SSSR count). The molecule has 0 saturated carbocycles. The lowest BCUT2D eigenvalue weighted by atomic mass is 10.2. The first-order chi connectivity index (χ1) is 12.7. The molecule has 1 aliphatic heterocycles. The topological polar surface area (TPSA) is 67.2 Å². The third-order valence-corrected chi connectivity index (χ3v) is 4.69. The molecule has 0 bridgehead atoms. The zero-order valence-corrected chi connectivity index (χ0v) is 14.6. The number of amides is 1. The van der Waals surface area contributed by atoms with Crippen molar-refractivity contribution in [2.75, 3.05) is 31.1 Å². The molecule has 1 aliphatic rings. The van der Waals surface area contributed by atoms with Crippen molar-refractivity contribution >= 4 is 11.7 Å². The maximum absolute atomic E-state index is 12.9. The number of hydrogen-bond donors (Lipinski definition) is 0. The van der Waals surface area contributed by atoms with Crippen molar-refractivity contribution < 1.29 is 4.79 Å². The second kappa shape index (κ2) is 6.95. The van der Waals surface area contributed by atoms with Gasteiger partial charge in [0.25, 0.3) is 5.91 Å². The third-order valence-electron chi connectivity index (χ3n) is 4.69. The number of carbonyl (C=O) groups is 1. The van der Waals surface area contributed by atoms with Crippen LogP contribution in [0.15, 0.2) is 54.9 Å². The number of benzene rings is 1. The van der Waals surface area contributed by atoms with Crippen molar-refractivity contribution in [2.24, 2.45) is 0 Å². The molecule has 1 fully saturated rings. The smallest absolute Gasteiger partial charge is 0.257 e. The van der Waals surface area contributed by atoms with Gasteiger partial charge in [-0.3, -0.25) is 4.79 Å². The Morgan fingerprint density at radius 2 is 1.77 bits per heavy atom. The normalized spacial score (nSPS) is 14.5. The van der Waals surface area contributed by atoms with E-state index in [2.05, 4.69) is 20.2 Å². The monoisotopic (exact) mass is 348 g/mol. The SMILES string of the molecule is Cc1c(C(=O)N2CCN(c3cccnn3)CC2)cnn1-c1ccccc1. The highest BCUT2D eigenvalue weighted by Crippen LogP contribution is 2.18. The van der Waals surface area contributed by atoms with E-state index < -0.39 is 0 Å². The van der Waals surface area contributed by atoms with Crippen LogP contribution in [-0.4, -0.2) is 57.0 Å². The number of para-hydroxylation sites is 1. The van der Waals surface area contributed by atoms with Crippen LogP contribution < -0.4 is 4.90 Å². The molecule has 3 aromatic rings. The van der Waals surface area contributed by atoms with Crippen LogP contribution in [0.2, 0.25) is 0 Å². The number of rotatable bonds is 3. The largest absolute Gasteiger partial charge is 0.352 e. The summed E-state index contributed by atoms with van der Waals surface area (Å²) < 4.78 is 1.81. The summed E-state index contributed by atoms with van der Waals surface area (Å²) >= 11 is 0. The number of aromatic nitrogens is 4. The number of nitrogens with zero attached hydrogens (tertiary/aromatic N) is 6. The average Bonchev–Trinajstić information content (AvgIpc) is 3.10. The first-order valence-electron chi connectivity index (χ1n) is 8.66. The molecule has 0 atom stereocenters. The van der Waals surface area contributed by atoms with Crippen molar-refractivity contribution in [2.45, 2.75) is 6.92 Å². The summed E-state index contributed by atoms with van der Waals surface area (Å²) in [5.74, 6) is 0.885. The van der Waals surface area contributed by atoms with Gasteiger partial charge in [0.2, 0.25) is 0 Å². The second-order valence-electron chi connectivity index (χ2n) is 6.25. The van der Waals surface area contributed by atoms with Crippen LogP contribution in [0.1, 0.15) is 16.1 Å². The maximum Gasteiger partial charge on any atom is 0.257 e. The van der Waals surface area contributed by atoms with E-state index in [1.165, 1.54) is 0 Å². The van der Waals surface area contributed by atoms with Crippen LogP contribution in [0.25, 0.3) is 5.69 Å². The highest BCUT2D eigenvalue weighted by molar-refractivity contribution is 5.95. The summed E-state index contributed by atoms with van der Waals surface area (Å²) in [5.41, 5.74) is 2.47. The van der Waals surface area contributed by atoms with Crippen LogP contribution in [0.3, 0.4) is 0 Å². The molecule has 1 saturated heterocycles. The van der Waals surface area contributed by atoms with Gasteiger partial charge in [-0.05, 0) is 31.2 Å². The first-order valence-corrected chi connectivity index (χ1v) is 8.66. The van der Waals surface area contributed by atoms with Crippen LogP contribution in [0.5, 0.6) is 0 Å². The van der Waals surface area contributed by atoms with Crippen molar-refractivity contribution in [1.29, 1.82) is 0 Å². The zero-order valence-electron chi connectivity index (χ0n) is 14.6. The lowest BCUT2D eigenvalue weighted by Crippen LogP contribution is -2.49. The van der Waals surface area contributed by atoms with Gasteiger partial charge in [0.05, 0.1) is 23.1 Å². The molecule has 1 amide bonds. The Balaban J connectivity index is 1.47. The number of piperazine rings is 1. The lowest BCUT2D eigenvalue weighted by Gasteiger charge is -2.35. The summed E-state index contributed by atoms with van der Waals surface area (Å²) in [6.07, 6.45) is 3.33. The van der Waals surface area contributed by atoms with Gasteiger partial charge < -0.3 is 9.80 Å². The van der Waals surface area contributed by atoms with Crippen molar-refractivity contribution in [1.82, 2.24) is 24.9 Å². The predicted octanol–water partition coefficient (Wildman–Crippen LogP) is 1.93. The van der Waals surface area contributed by atoms with Gasteiger partial charge in [-0.15, -0.1) is 5.10 Å². The molecule has 3 heterocycles. The fourth-order valence-corrected chi connectivity index (χ4v) is 3.22. The predicted molar refractivity (Wildman–Crippen MR) is 98.4 cm³/mol. The molecule has 0 unspecified atom stereocenters. The van der Waals surface area contributed by atoms with Crippen LogP contribution in [-0.2, 0) is 0 Å². The molecular weight excluding hydrogens is 328 g/mol. The number of hydrogen-bond acceptors (Lipinski definition) is 5. The van der Waals surface area contributed by atoms with E-state index in [1.54, 1.807) is 12.4 Å². The molecule has 26 heavy (non-hydrogen) atoms. The Labute approximate surface area is 151 Å². The molecule has 0 N–H and O–H groups in total. The summed E-state index contributed by atoms with van der Waals surface area (Å²) in [6, 6.07) is 13.7. The summed E-state index contributed by atoms with van der Waals surface area (Å²) in [4.78, 5) is 17.0. The Kier molecular flexibility index (Phi) is 4.35. The minimum absolute atomic E-state index is 0.0310.